The smallest absolute Gasteiger partial charge is 0.288 e. The summed E-state index contributed by atoms with van der Waals surface area (Å²) in [6.45, 7) is 0.477. The summed E-state index contributed by atoms with van der Waals surface area (Å²) in [6.07, 6.45) is 0. The fraction of sp³-hybridized carbons (Fsp3) is 0.0400. The number of hydrogen-bond donors (Lipinski definition) is 1. The van der Waals surface area contributed by atoms with Gasteiger partial charge in [-0.1, -0.05) is 103 Å². The van der Waals surface area contributed by atoms with Crippen LogP contribution in [0.5, 0.6) is 5.75 Å². The normalized spacial score (nSPS) is 11.3. The molecule has 0 saturated carbocycles. The topological polar surface area (TPSA) is 29.5 Å². The first-order valence-electron chi connectivity index (χ1n) is 9.37. The zero-order valence-electron chi connectivity index (χ0n) is 15.5. The SMILES string of the molecule is Oc1ccc(CO[Si](c2ccccc2)(c2ccccc2)c2ccccc2)cc1. The van der Waals surface area contributed by atoms with Gasteiger partial charge in [0.05, 0.1) is 6.61 Å². The second-order valence-electron chi connectivity index (χ2n) is 6.73. The number of rotatable bonds is 6. The third kappa shape index (κ3) is 3.63. The van der Waals surface area contributed by atoms with E-state index in [1.165, 1.54) is 15.6 Å². The number of phenols is 1. The monoisotopic (exact) mass is 382 g/mol. The molecule has 0 aliphatic carbocycles. The van der Waals surface area contributed by atoms with Crippen LogP contribution in [0, 0.1) is 0 Å². The van der Waals surface area contributed by atoms with Crippen LogP contribution in [0.25, 0.3) is 0 Å². The van der Waals surface area contributed by atoms with Crippen molar-refractivity contribution in [1.29, 1.82) is 0 Å². The van der Waals surface area contributed by atoms with Crippen molar-refractivity contribution in [3.63, 3.8) is 0 Å². The first-order valence-corrected chi connectivity index (χ1v) is 11.3. The molecular weight excluding hydrogens is 360 g/mol. The van der Waals surface area contributed by atoms with E-state index in [4.69, 9.17) is 4.43 Å². The van der Waals surface area contributed by atoms with Crippen molar-refractivity contribution in [3.05, 3.63) is 121 Å². The first kappa shape index (κ1) is 18.2. The molecule has 4 aromatic rings. The molecule has 0 aliphatic heterocycles. The molecule has 0 amide bonds. The Morgan fingerprint density at radius 2 is 0.929 bits per heavy atom. The number of phenolic OH excluding ortho intramolecular Hbond substituents is 1. The lowest BCUT2D eigenvalue weighted by Crippen LogP contribution is -2.69. The minimum Gasteiger partial charge on any atom is -0.508 e. The van der Waals surface area contributed by atoms with Crippen LogP contribution in [-0.2, 0) is 11.0 Å². The van der Waals surface area contributed by atoms with Gasteiger partial charge in [0.1, 0.15) is 5.75 Å². The Bertz CT molecular complexity index is 904. The van der Waals surface area contributed by atoms with Crippen molar-refractivity contribution in [2.75, 3.05) is 0 Å². The van der Waals surface area contributed by atoms with E-state index in [-0.39, 0.29) is 5.75 Å². The molecule has 0 unspecified atom stereocenters. The zero-order valence-corrected chi connectivity index (χ0v) is 16.5. The Labute approximate surface area is 166 Å². The molecule has 0 fully saturated rings. The average molecular weight is 383 g/mol. The summed E-state index contributed by atoms with van der Waals surface area (Å²) < 4.78 is 6.87. The van der Waals surface area contributed by atoms with Gasteiger partial charge < -0.3 is 9.53 Å². The molecule has 0 radical (unpaired) electrons. The summed E-state index contributed by atoms with van der Waals surface area (Å²) in [4.78, 5) is 0. The largest absolute Gasteiger partial charge is 0.508 e. The Morgan fingerprint density at radius 3 is 1.32 bits per heavy atom. The molecule has 0 spiro atoms. The summed E-state index contributed by atoms with van der Waals surface area (Å²) in [5.74, 6) is 0.265. The molecule has 0 bridgehead atoms. The average Bonchev–Trinajstić information content (AvgIpc) is 2.78. The van der Waals surface area contributed by atoms with E-state index in [9.17, 15) is 5.11 Å². The van der Waals surface area contributed by atoms with Gasteiger partial charge in [0.15, 0.2) is 0 Å². The molecule has 0 aromatic heterocycles. The van der Waals surface area contributed by atoms with E-state index in [1.807, 2.05) is 30.3 Å². The first-order chi connectivity index (χ1) is 13.8. The van der Waals surface area contributed by atoms with Crippen LogP contribution in [0.15, 0.2) is 115 Å². The lowest BCUT2D eigenvalue weighted by atomic mass is 10.2. The second kappa shape index (κ2) is 8.25. The van der Waals surface area contributed by atoms with Gasteiger partial charge >= 0.3 is 0 Å². The Morgan fingerprint density at radius 1 is 0.536 bits per heavy atom. The van der Waals surface area contributed by atoms with Gasteiger partial charge in [0, 0.05) is 0 Å². The third-order valence-electron chi connectivity index (χ3n) is 4.93. The molecule has 0 aliphatic rings. The van der Waals surface area contributed by atoms with Crippen LogP contribution in [0.3, 0.4) is 0 Å². The zero-order chi connectivity index (χ0) is 19.2. The highest BCUT2D eigenvalue weighted by atomic mass is 28.4. The summed E-state index contributed by atoms with van der Waals surface area (Å²) >= 11 is 0. The highest BCUT2D eigenvalue weighted by Gasteiger charge is 2.41. The summed E-state index contributed by atoms with van der Waals surface area (Å²) in [7, 11) is -2.68. The summed E-state index contributed by atoms with van der Waals surface area (Å²) in [5.41, 5.74) is 1.04. The Kier molecular flexibility index (Phi) is 5.37. The fourth-order valence-electron chi connectivity index (χ4n) is 3.55. The summed E-state index contributed by atoms with van der Waals surface area (Å²) in [6, 6.07) is 38.8. The Hall–Kier alpha value is -3.14. The van der Waals surface area contributed by atoms with E-state index in [0.29, 0.717) is 6.61 Å². The molecular formula is C25H22O2Si. The van der Waals surface area contributed by atoms with Crippen LogP contribution in [0.4, 0.5) is 0 Å². The maximum atomic E-state index is 9.59. The molecule has 28 heavy (non-hydrogen) atoms. The molecule has 138 valence electrons. The number of aromatic hydroxyl groups is 1. The maximum Gasteiger partial charge on any atom is 0.288 e. The van der Waals surface area contributed by atoms with Crippen molar-refractivity contribution in [3.8, 4) is 5.75 Å². The van der Waals surface area contributed by atoms with E-state index < -0.39 is 8.32 Å². The van der Waals surface area contributed by atoms with Crippen molar-refractivity contribution in [1.82, 2.24) is 0 Å². The van der Waals surface area contributed by atoms with Crippen LogP contribution >= 0.6 is 0 Å². The standard InChI is InChI=1S/C25H22O2Si/c26-22-18-16-21(17-19-22)20-27-28(23-10-4-1-5-11-23,24-12-6-2-7-13-24)25-14-8-3-9-15-25/h1-19,26H,20H2. The maximum absolute atomic E-state index is 9.59. The highest BCUT2D eigenvalue weighted by Crippen LogP contribution is 2.15. The minimum atomic E-state index is -2.68. The Balaban J connectivity index is 1.86. The van der Waals surface area contributed by atoms with Gasteiger partial charge in [-0.3, -0.25) is 0 Å². The molecule has 0 heterocycles. The molecule has 0 saturated heterocycles. The van der Waals surface area contributed by atoms with Crippen molar-refractivity contribution in [2.45, 2.75) is 6.61 Å². The lowest BCUT2D eigenvalue weighted by molar-refractivity contribution is 0.311. The predicted molar refractivity (Wildman–Crippen MR) is 117 cm³/mol. The van der Waals surface area contributed by atoms with E-state index in [0.717, 1.165) is 5.56 Å². The van der Waals surface area contributed by atoms with Gasteiger partial charge in [0.2, 0.25) is 0 Å². The molecule has 4 rings (SSSR count). The van der Waals surface area contributed by atoms with Crippen LogP contribution in [0.1, 0.15) is 5.56 Å². The van der Waals surface area contributed by atoms with Crippen molar-refractivity contribution < 1.29 is 9.53 Å². The molecule has 3 heteroatoms. The van der Waals surface area contributed by atoms with Crippen molar-refractivity contribution in [2.24, 2.45) is 0 Å². The van der Waals surface area contributed by atoms with Crippen molar-refractivity contribution >= 4 is 23.9 Å². The van der Waals surface area contributed by atoms with Crippen LogP contribution < -0.4 is 15.6 Å². The highest BCUT2D eigenvalue weighted by molar-refractivity contribution is 7.07. The molecule has 4 aromatic carbocycles. The minimum absolute atomic E-state index is 0.265. The van der Waals surface area contributed by atoms with Gasteiger partial charge in [-0.05, 0) is 33.3 Å². The van der Waals surface area contributed by atoms with Crippen LogP contribution in [0.2, 0.25) is 0 Å². The quantitative estimate of drug-likeness (QED) is 0.408. The van der Waals surface area contributed by atoms with E-state index in [1.54, 1.807) is 12.1 Å². The number of hydrogen-bond acceptors (Lipinski definition) is 2. The van der Waals surface area contributed by atoms with E-state index >= 15 is 0 Å². The van der Waals surface area contributed by atoms with E-state index in [2.05, 4.69) is 72.8 Å². The lowest BCUT2D eigenvalue weighted by Gasteiger charge is -2.33. The molecule has 1 N–H and O–H groups in total. The number of benzene rings is 4. The third-order valence-corrected chi connectivity index (χ3v) is 8.95. The van der Waals surface area contributed by atoms with Gasteiger partial charge in [-0.25, -0.2) is 0 Å². The predicted octanol–water partition coefficient (Wildman–Crippen LogP) is 3.58. The fourth-order valence-corrected chi connectivity index (χ4v) is 7.42. The second-order valence-corrected chi connectivity index (χ2v) is 10.1. The summed E-state index contributed by atoms with van der Waals surface area (Å²) in [5, 5.41) is 13.2. The van der Waals surface area contributed by atoms with Gasteiger partial charge in [-0.15, -0.1) is 0 Å². The molecule has 2 nitrogen and oxygen atoms in total. The molecule has 0 atom stereocenters. The van der Waals surface area contributed by atoms with Gasteiger partial charge in [0.25, 0.3) is 8.32 Å². The van der Waals surface area contributed by atoms with Crippen LogP contribution in [-0.4, -0.2) is 13.4 Å². The van der Waals surface area contributed by atoms with Gasteiger partial charge in [-0.2, -0.15) is 0 Å².